The lowest BCUT2D eigenvalue weighted by Crippen LogP contribution is -2.66. The van der Waals surface area contributed by atoms with Gasteiger partial charge in [-0.2, -0.15) is 4.98 Å². The van der Waals surface area contributed by atoms with E-state index in [2.05, 4.69) is 31.3 Å². The van der Waals surface area contributed by atoms with Crippen LogP contribution in [0.4, 0.5) is 26.1 Å². The maximum atomic E-state index is 13.5. The molecule has 0 saturated carbocycles. The van der Waals surface area contributed by atoms with E-state index >= 15 is 0 Å². The minimum Gasteiger partial charge on any atom is -0.372 e. The van der Waals surface area contributed by atoms with Crippen LogP contribution in [0.3, 0.4) is 0 Å². The Morgan fingerprint density at radius 1 is 1.00 bits per heavy atom. The van der Waals surface area contributed by atoms with E-state index in [9.17, 15) is 13.9 Å². The fourth-order valence-electron chi connectivity index (χ4n) is 4.11. The second-order valence-electron chi connectivity index (χ2n) is 8.27. The van der Waals surface area contributed by atoms with Gasteiger partial charge in [0.2, 0.25) is 5.95 Å². The first-order valence-electron chi connectivity index (χ1n) is 10.4. The van der Waals surface area contributed by atoms with Crippen LogP contribution in [0, 0.1) is 18.6 Å². The van der Waals surface area contributed by atoms with Gasteiger partial charge in [0.25, 0.3) is 0 Å². The maximum absolute atomic E-state index is 13.5. The zero-order valence-electron chi connectivity index (χ0n) is 17.6. The SMILES string of the molecule is Cc1cc(Nc2ncn(-c3cc(F)cc(F)c3)n2)cc(N2CCN(C3(O)COC3)CC2)c1.[HH]. The van der Waals surface area contributed by atoms with Crippen molar-refractivity contribution in [3.05, 3.63) is 59.9 Å². The summed E-state index contributed by atoms with van der Waals surface area (Å²) in [5, 5.41) is 17.9. The van der Waals surface area contributed by atoms with Gasteiger partial charge in [0.1, 0.15) is 18.0 Å². The Balaban J connectivity index is 0.00000259. The number of nitrogens with zero attached hydrogens (tertiary/aromatic N) is 5. The zero-order valence-corrected chi connectivity index (χ0v) is 17.6. The first-order chi connectivity index (χ1) is 15.4. The van der Waals surface area contributed by atoms with Crippen LogP contribution in [0.2, 0.25) is 0 Å². The molecule has 3 heterocycles. The molecule has 2 aliphatic heterocycles. The number of anilines is 3. The van der Waals surface area contributed by atoms with Crippen molar-refractivity contribution in [2.24, 2.45) is 0 Å². The van der Waals surface area contributed by atoms with E-state index in [1.54, 1.807) is 0 Å². The van der Waals surface area contributed by atoms with E-state index in [0.29, 0.717) is 19.2 Å². The topological polar surface area (TPSA) is 78.7 Å². The highest BCUT2D eigenvalue weighted by molar-refractivity contribution is 5.64. The minimum atomic E-state index is -0.819. The number of rotatable bonds is 5. The molecule has 2 fully saturated rings. The van der Waals surface area contributed by atoms with Gasteiger partial charge in [-0.3, -0.25) is 4.90 Å². The third kappa shape index (κ3) is 4.16. The molecule has 32 heavy (non-hydrogen) atoms. The number of piperazine rings is 1. The number of aryl methyl sites for hydroxylation is 1. The molecule has 5 rings (SSSR count). The molecule has 2 N–H and O–H groups in total. The van der Waals surface area contributed by atoms with E-state index in [-0.39, 0.29) is 7.11 Å². The smallest absolute Gasteiger partial charge is 0.246 e. The van der Waals surface area contributed by atoms with Crippen molar-refractivity contribution in [2.45, 2.75) is 12.6 Å². The Morgan fingerprint density at radius 2 is 1.72 bits per heavy atom. The number of benzene rings is 2. The highest BCUT2D eigenvalue weighted by Crippen LogP contribution is 2.28. The van der Waals surface area contributed by atoms with Crippen molar-refractivity contribution < 1.29 is 20.1 Å². The van der Waals surface area contributed by atoms with Crippen LogP contribution in [0.5, 0.6) is 0 Å². The van der Waals surface area contributed by atoms with Gasteiger partial charge in [-0.15, -0.1) is 5.10 Å². The molecule has 2 aliphatic rings. The maximum Gasteiger partial charge on any atom is 0.246 e. The quantitative estimate of drug-likeness (QED) is 0.627. The van der Waals surface area contributed by atoms with Crippen LogP contribution in [0.15, 0.2) is 42.7 Å². The Hall–Kier alpha value is -3.08. The Bertz CT molecular complexity index is 1110. The molecular formula is C22H26F2N6O2. The fraction of sp³-hybridized carbons (Fsp3) is 0.364. The van der Waals surface area contributed by atoms with E-state index < -0.39 is 17.4 Å². The van der Waals surface area contributed by atoms with Crippen LogP contribution in [0.25, 0.3) is 5.69 Å². The van der Waals surface area contributed by atoms with E-state index in [1.165, 1.54) is 23.1 Å². The summed E-state index contributed by atoms with van der Waals surface area (Å²) in [6, 6.07) is 9.32. The predicted octanol–water partition coefficient (Wildman–Crippen LogP) is 2.68. The van der Waals surface area contributed by atoms with Crippen molar-refractivity contribution in [3.8, 4) is 5.69 Å². The van der Waals surface area contributed by atoms with Crippen LogP contribution < -0.4 is 10.2 Å². The third-order valence-electron chi connectivity index (χ3n) is 5.82. The summed E-state index contributed by atoms with van der Waals surface area (Å²) in [6.45, 7) is 5.85. The van der Waals surface area contributed by atoms with E-state index in [4.69, 9.17) is 4.74 Å². The Kier molecular flexibility index (Phi) is 5.28. The molecule has 0 unspecified atom stereocenters. The van der Waals surface area contributed by atoms with Gasteiger partial charge in [0.15, 0.2) is 5.72 Å². The highest BCUT2D eigenvalue weighted by Gasteiger charge is 2.43. The molecule has 0 atom stereocenters. The number of halogens is 2. The minimum absolute atomic E-state index is 0. The summed E-state index contributed by atoms with van der Waals surface area (Å²) < 4.78 is 33.5. The van der Waals surface area contributed by atoms with Gasteiger partial charge in [0, 0.05) is 45.0 Å². The number of ether oxygens (including phenoxy) is 1. The number of nitrogens with one attached hydrogen (secondary N) is 1. The van der Waals surface area contributed by atoms with E-state index in [0.717, 1.165) is 49.2 Å². The molecule has 1 aromatic heterocycles. The lowest BCUT2D eigenvalue weighted by atomic mass is 10.1. The molecule has 10 heteroatoms. The van der Waals surface area contributed by atoms with Gasteiger partial charge < -0.3 is 20.1 Å². The second kappa shape index (κ2) is 8.12. The van der Waals surface area contributed by atoms with Crippen molar-refractivity contribution >= 4 is 17.3 Å². The summed E-state index contributed by atoms with van der Waals surface area (Å²) in [5.74, 6) is -1.03. The monoisotopic (exact) mass is 444 g/mol. The summed E-state index contributed by atoms with van der Waals surface area (Å²) in [5.41, 5.74) is 2.39. The van der Waals surface area contributed by atoms with Crippen molar-refractivity contribution in [1.82, 2.24) is 19.7 Å². The molecule has 3 aromatic rings. The number of aromatic nitrogens is 3. The summed E-state index contributed by atoms with van der Waals surface area (Å²) in [7, 11) is 0. The van der Waals surface area contributed by atoms with Crippen molar-refractivity contribution in [2.75, 3.05) is 49.6 Å². The Morgan fingerprint density at radius 3 is 2.38 bits per heavy atom. The van der Waals surface area contributed by atoms with Crippen LogP contribution >= 0.6 is 0 Å². The van der Waals surface area contributed by atoms with Gasteiger partial charge in [-0.1, -0.05) is 0 Å². The Labute approximate surface area is 185 Å². The summed E-state index contributed by atoms with van der Waals surface area (Å²) in [6.07, 6.45) is 1.40. The third-order valence-corrected chi connectivity index (χ3v) is 5.82. The molecule has 0 radical (unpaired) electrons. The standard InChI is InChI=1S/C22H24F2N6O2.H2/c1-15-6-18(26-21-25-14-30(27-21)20-9-16(23)8-17(24)10-20)11-19(7-15)28-2-4-29(5-3-28)22(31)12-32-13-22;/h6-11,14,31H,2-5,12-13H2,1H3,(H,26,27);1H. The first kappa shape index (κ1) is 20.8. The molecule has 0 amide bonds. The van der Waals surface area contributed by atoms with E-state index in [1.807, 2.05) is 19.1 Å². The fourth-order valence-corrected chi connectivity index (χ4v) is 4.11. The lowest BCUT2D eigenvalue weighted by Gasteiger charge is -2.49. The normalized spacial score (nSPS) is 18.4. The number of hydrogen-bond donors (Lipinski definition) is 2. The lowest BCUT2D eigenvalue weighted by molar-refractivity contribution is -0.258. The van der Waals surface area contributed by atoms with Crippen molar-refractivity contribution in [1.29, 1.82) is 0 Å². The zero-order chi connectivity index (χ0) is 22.3. The molecule has 2 saturated heterocycles. The highest BCUT2D eigenvalue weighted by atomic mass is 19.1. The van der Waals surface area contributed by atoms with Crippen molar-refractivity contribution in [3.63, 3.8) is 0 Å². The molecule has 0 spiro atoms. The summed E-state index contributed by atoms with van der Waals surface area (Å²) in [4.78, 5) is 8.56. The number of hydrogen-bond acceptors (Lipinski definition) is 7. The van der Waals surface area contributed by atoms with Gasteiger partial charge >= 0.3 is 0 Å². The predicted molar refractivity (Wildman–Crippen MR) is 117 cm³/mol. The molecule has 0 bridgehead atoms. The number of aliphatic hydroxyl groups is 1. The van der Waals surface area contributed by atoms with Crippen LogP contribution in [-0.4, -0.2) is 69.9 Å². The van der Waals surface area contributed by atoms with Crippen LogP contribution in [-0.2, 0) is 4.74 Å². The van der Waals surface area contributed by atoms with Gasteiger partial charge in [0.05, 0.1) is 18.9 Å². The summed E-state index contributed by atoms with van der Waals surface area (Å²) >= 11 is 0. The average molecular weight is 444 g/mol. The average Bonchev–Trinajstić information content (AvgIpc) is 3.19. The molecular weight excluding hydrogens is 418 g/mol. The second-order valence-corrected chi connectivity index (χ2v) is 8.27. The van der Waals surface area contributed by atoms with Gasteiger partial charge in [-0.25, -0.2) is 13.5 Å². The molecule has 8 nitrogen and oxygen atoms in total. The van der Waals surface area contributed by atoms with Crippen LogP contribution in [0.1, 0.15) is 6.99 Å². The molecule has 0 aliphatic carbocycles. The molecule has 170 valence electrons. The largest absolute Gasteiger partial charge is 0.372 e. The molecule has 2 aromatic carbocycles. The van der Waals surface area contributed by atoms with Gasteiger partial charge in [-0.05, 0) is 42.8 Å². The first-order valence-corrected chi connectivity index (χ1v) is 10.4.